The first-order valence-electron chi connectivity index (χ1n) is 9.43. The molecule has 1 fully saturated rings. The fraction of sp³-hybridized carbons (Fsp3) is 0.273. The average Bonchev–Trinajstić information content (AvgIpc) is 3.21. The zero-order valence-corrected chi connectivity index (χ0v) is 15.4. The van der Waals surface area contributed by atoms with Crippen LogP contribution in [0.25, 0.3) is 11.3 Å². The van der Waals surface area contributed by atoms with Crippen LogP contribution in [0, 0.1) is 6.54 Å². The summed E-state index contributed by atoms with van der Waals surface area (Å²) in [5.41, 5.74) is 9.16. The third-order valence-corrected chi connectivity index (χ3v) is 5.00. The van der Waals surface area contributed by atoms with Gasteiger partial charge in [-0.1, -0.05) is 30.3 Å². The number of benzene rings is 1. The summed E-state index contributed by atoms with van der Waals surface area (Å²) in [7, 11) is 0. The Labute approximate surface area is 160 Å². The Morgan fingerprint density at radius 3 is 2.48 bits per heavy atom. The van der Waals surface area contributed by atoms with Crippen molar-refractivity contribution in [3.63, 3.8) is 0 Å². The highest BCUT2D eigenvalue weighted by Gasteiger charge is 2.17. The largest absolute Gasteiger partial charge is 0.468 e. The van der Waals surface area contributed by atoms with Crippen molar-refractivity contribution in [1.82, 2.24) is 14.8 Å². The fourth-order valence-corrected chi connectivity index (χ4v) is 3.40. The molecule has 0 unspecified atom stereocenters. The molecule has 5 heteroatoms. The van der Waals surface area contributed by atoms with Crippen LogP contribution in [0.2, 0.25) is 0 Å². The maximum Gasteiger partial charge on any atom is 0.124 e. The number of furan rings is 1. The van der Waals surface area contributed by atoms with Crippen LogP contribution in [-0.4, -0.2) is 47.5 Å². The van der Waals surface area contributed by atoms with Crippen molar-refractivity contribution in [3.05, 3.63) is 78.7 Å². The molecule has 3 heterocycles. The first-order valence-corrected chi connectivity index (χ1v) is 9.43. The normalized spacial score (nSPS) is 15.9. The third-order valence-electron chi connectivity index (χ3n) is 5.00. The summed E-state index contributed by atoms with van der Waals surface area (Å²) in [6.07, 6.45) is 2.78. The second kappa shape index (κ2) is 8.37. The van der Waals surface area contributed by atoms with Crippen LogP contribution in [-0.2, 0) is 6.42 Å². The molecule has 0 aliphatic carbocycles. The van der Waals surface area contributed by atoms with Gasteiger partial charge in [-0.3, -0.25) is 4.90 Å². The lowest BCUT2D eigenvalue weighted by Gasteiger charge is -2.33. The van der Waals surface area contributed by atoms with Crippen LogP contribution in [0.4, 0.5) is 5.82 Å². The molecule has 3 aromatic rings. The Morgan fingerprint density at radius 2 is 1.78 bits per heavy atom. The Kier molecular flexibility index (Phi) is 5.51. The summed E-state index contributed by atoms with van der Waals surface area (Å²) in [6, 6.07) is 18.3. The van der Waals surface area contributed by atoms with Crippen LogP contribution in [0.1, 0.15) is 11.3 Å². The zero-order valence-electron chi connectivity index (χ0n) is 15.4. The van der Waals surface area contributed by atoms with Crippen LogP contribution in [0.3, 0.4) is 0 Å². The van der Waals surface area contributed by atoms with Crippen molar-refractivity contribution in [2.24, 2.45) is 0 Å². The van der Waals surface area contributed by atoms with Gasteiger partial charge in [0, 0.05) is 38.3 Å². The maximum absolute atomic E-state index is 5.78. The van der Waals surface area contributed by atoms with Gasteiger partial charge in [-0.05, 0) is 36.2 Å². The predicted molar refractivity (Wildman–Crippen MR) is 108 cm³/mol. The molecule has 2 aromatic heterocycles. The minimum Gasteiger partial charge on any atom is -0.468 e. The van der Waals surface area contributed by atoms with Crippen molar-refractivity contribution in [3.8, 4) is 11.3 Å². The number of nitrogens with two attached hydrogens (primary N) is 1. The average molecular weight is 361 g/mol. The lowest BCUT2D eigenvalue weighted by atomic mass is 10.1. The van der Waals surface area contributed by atoms with E-state index in [9.17, 15) is 0 Å². The van der Waals surface area contributed by atoms with Gasteiger partial charge in [-0.15, -0.1) is 0 Å². The van der Waals surface area contributed by atoms with E-state index in [2.05, 4.69) is 45.6 Å². The highest BCUT2D eigenvalue weighted by atomic mass is 16.3. The highest BCUT2D eigenvalue weighted by molar-refractivity contribution is 5.61. The molecule has 1 radical (unpaired) electrons. The Hall–Kier alpha value is -2.63. The molecule has 27 heavy (non-hydrogen) atoms. The van der Waals surface area contributed by atoms with Crippen LogP contribution in [0.5, 0.6) is 0 Å². The number of aromatic nitrogens is 1. The SMILES string of the molecule is Nc1cccc(-c2ccc(CCN3CCN([CH]c4ccco4)CC3)cc2)n1. The zero-order chi connectivity index (χ0) is 18.5. The molecule has 4 rings (SSSR count). The highest BCUT2D eigenvalue weighted by Crippen LogP contribution is 2.19. The second-order valence-electron chi connectivity index (χ2n) is 6.92. The molecular formula is C22H25N4O. The summed E-state index contributed by atoms with van der Waals surface area (Å²) in [5, 5.41) is 0. The number of nitrogens with zero attached hydrogens (tertiary/aromatic N) is 3. The third kappa shape index (κ3) is 4.76. The number of hydrogen-bond donors (Lipinski definition) is 1. The van der Waals surface area contributed by atoms with Gasteiger partial charge in [-0.25, -0.2) is 4.98 Å². The van der Waals surface area contributed by atoms with E-state index >= 15 is 0 Å². The van der Waals surface area contributed by atoms with Crippen LogP contribution in [0.15, 0.2) is 65.3 Å². The van der Waals surface area contributed by atoms with Gasteiger partial charge in [0.15, 0.2) is 0 Å². The van der Waals surface area contributed by atoms with E-state index in [1.54, 1.807) is 6.26 Å². The van der Waals surface area contributed by atoms with Gasteiger partial charge in [0.05, 0.1) is 18.5 Å². The summed E-state index contributed by atoms with van der Waals surface area (Å²) in [4.78, 5) is 9.24. The van der Waals surface area contributed by atoms with Gasteiger partial charge in [0.1, 0.15) is 11.6 Å². The lowest BCUT2D eigenvalue weighted by Crippen LogP contribution is -2.45. The molecule has 0 spiro atoms. The van der Waals surface area contributed by atoms with E-state index in [4.69, 9.17) is 10.2 Å². The van der Waals surface area contributed by atoms with Crippen molar-refractivity contribution in [2.75, 3.05) is 38.5 Å². The van der Waals surface area contributed by atoms with E-state index in [0.29, 0.717) is 5.82 Å². The Bertz CT molecular complexity index is 837. The van der Waals surface area contributed by atoms with Crippen molar-refractivity contribution < 1.29 is 4.42 Å². The number of nitrogen functional groups attached to an aromatic ring is 1. The van der Waals surface area contributed by atoms with E-state index < -0.39 is 0 Å². The van der Waals surface area contributed by atoms with E-state index in [1.807, 2.05) is 30.3 Å². The first-order chi connectivity index (χ1) is 13.3. The summed E-state index contributed by atoms with van der Waals surface area (Å²) in [6.45, 7) is 7.46. The Balaban J connectivity index is 1.25. The lowest BCUT2D eigenvalue weighted by molar-refractivity contribution is 0.157. The molecule has 2 N–H and O–H groups in total. The topological polar surface area (TPSA) is 58.5 Å². The minimum atomic E-state index is 0.556. The predicted octanol–water partition coefficient (Wildman–Crippen LogP) is 3.29. The summed E-state index contributed by atoms with van der Waals surface area (Å²) in [5.74, 6) is 1.48. The smallest absolute Gasteiger partial charge is 0.124 e. The molecule has 1 aromatic carbocycles. The quantitative estimate of drug-likeness (QED) is 0.730. The fourth-order valence-electron chi connectivity index (χ4n) is 3.40. The molecule has 139 valence electrons. The maximum atomic E-state index is 5.78. The van der Waals surface area contributed by atoms with E-state index in [0.717, 1.165) is 56.2 Å². The van der Waals surface area contributed by atoms with Gasteiger partial charge in [0.2, 0.25) is 0 Å². The molecule has 5 nitrogen and oxygen atoms in total. The van der Waals surface area contributed by atoms with Crippen LogP contribution >= 0.6 is 0 Å². The molecule has 0 bridgehead atoms. The van der Waals surface area contributed by atoms with Crippen molar-refractivity contribution >= 4 is 5.82 Å². The minimum absolute atomic E-state index is 0.556. The summed E-state index contributed by atoms with van der Waals surface area (Å²) >= 11 is 0. The number of anilines is 1. The molecule has 1 aliphatic rings. The van der Waals surface area contributed by atoms with Gasteiger partial charge in [0.25, 0.3) is 0 Å². The van der Waals surface area contributed by atoms with Gasteiger partial charge < -0.3 is 15.1 Å². The first kappa shape index (κ1) is 17.8. The number of pyridine rings is 1. The standard InChI is InChI=1S/C22H25N4O/c23-22-5-1-4-21(24-22)19-8-6-18(7-9-19)10-11-25-12-14-26(15-13-25)17-20-3-2-16-27-20/h1-9,16-17H,10-15H2,(H2,23,24). The van der Waals surface area contributed by atoms with Crippen LogP contribution < -0.4 is 5.73 Å². The Morgan fingerprint density at radius 1 is 0.963 bits per heavy atom. The molecule has 1 saturated heterocycles. The summed E-state index contributed by atoms with van der Waals surface area (Å²) < 4.78 is 5.39. The van der Waals surface area contributed by atoms with Gasteiger partial charge in [-0.2, -0.15) is 0 Å². The number of piperazine rings is 1. The van der Waals surface area contributed by atoms with E-state index in [1.165, 1.54) is 5.56 Å². The van der Waals surface area contributed by atoms with Gasteiger partial charge >= 0.3 is 0 Å². The molecule has 0 saturated carbocycles. The molecule has 0 atom stereocenters. The molecule has 1 aliphatic heterocycles. The number of rotatable bonds is 6. The number of hydrogen-bond acceptors (Lipinski definition) is 5. The van der Waals surface area contributed by atoms with Crippen molar-refractivity contribution in [2.45, 2.75) is 6.42 Å². The van der Waals surface area contributed by atoms with Crippen molar-refractivity contribution in [1.29, 1.82) is 0 Å². The second-order valence-corrected chi connectivity index (χ2v) is 6.92. The molecular weight excluding hydrogens is 336 g/mol. The van der Waals surface area contributed by atoms with E-state index in [-0.39, 0.29) is 0 Å². The monoisotopic (exact) mass is 361 g/mol. The molecule has 0 amide bonds.